The Morgan fingerprint density at radius 2 is 1.58 bits per heavy atom. The van der Waals surface area contributed by atoms with Gasteiger partial charge in [0.25, 0.3) is 0 Å². The fourth-order valence-corrected chi connectivity index (χ4v) is 2.29. The summed E-state index contributed by atoms with van der Waals surface area (Å²) in [6.07, 6.45) is 0.0413. The van der Waals surface area contributed by atoms with E-state index in [-0.39, 0.29) is 25.2 Å². The molecule has 0 aliphatic heterocycles. The van der Waals surface area contributed by atoms with Crippen molar-refractivity contribution >= 4 is 17.8 Å². The summed E-state index contributed by atoms with van der Waals surface area (Å²) in [5, 5.41) is 20.6. The second-order valence-electron chi connectivity index (χ2n) is 5.64. The summed E-state index contributed by atoms with van der Waals surface area (Å²) in [7, 11) is 0. The molecule has 26 heavy (non-hydrogen) atoms. The van der Waals surface area contributed by atoms with Crippen LogP contribution in [0.25, 0.3) is 0 Å². The molecule has 7 heteroatoms. The van der Waals surface area contributed by atoms with E-state index in [9.17, 15) is 19.5 Å². The van der Waals surface area contributed by atoms with Crippen LogP contribution in [0.2, 0.25) is 0 Å². The molecule has 0 unspecified atom stereocenters. The molecule has 0 radical (unpaired) electrons. The quantitative estimate of drug-likeness (QED) is 0.630. The molecule has 0 saturated heterocycles. The normalized spacial score (nSPS) is 11.5. The zero-order chi connectivity index (χ0) is 18.9. The molecule has 0 aliphatic rings. The fourth-order valence-electron chi connectivity index (χ4n) is 2.29. The summed E-state index contributed by atoms with van der Waals surface area (Å²) >= 11 is 0. The predicted molar refractivity (Wildman–Crippen MR) is 92.8 cm³/mol. The van der Waals surface area contributed by atoms with Crippen LogP contribution in [0.3, 0.4) is 0 Å². The fraction of sp³-hybridized carbons (Fsp3) is 0.211. The minimum absolute atomic E-state index is 0.0413. The first-order valence-corrected chi connectivity index (χ1v) is 7.92. The van der Waals surface area contributed by atoms with E-state index in [1.54, 1.807) is 0 Å². The number of hydrogen-bond donors (Lipinski definition) is 3. The van der Waals surface area contributed by atoms with E-state index in [4.69, 9.17) is 9.84 Å². The number of amides is 1. The van der Waals surface area contributed by atoms with Gasteiger partial charge in [-0.1, -0.05) is 42.5 Å². The highest BCUT2D eigenvalue weighted by Gasteiger charge is 2.20. The Labute approximate surface area is 150 Å². The lowest BCUT2D eigenvalue weighted by atomic mass is 10.0. The standard InChI is InChI=1S/C19H19NO6/c21-17(12-26-11-14-4-2-1-3-5-14)20-16(19(24)25)10-13-6-8-15(9-7-13)18(22)23/h1-9,16H,10-12H2,(H,20,21)(H,22,23)(H,24,25)/t16-/m1/s1. The number of hydrogen-bond acceptors (Lipinski definition) is 4. The summed E-state index contributed by atoms with van der Waals surface area (Å²) in [4.78, 5) is 34.1. The monoisotopic (exact) mass is 357 g/mol. The summed E-state index contributed by atoms with van der Waals surface area (Å²) in [5.41, 5.74) is 1.63. The Kier molecular flexibility index (Phi) is 6.87. The van der Waals surface area contributed by atoms with Crippen LogP contribution in [-0.2, 0) is 27.4 Å². The predicted octanol–water partition coefficient (Wildman–Crippen LogP) is 1.71. The zero-order valence-corrected chi connectivity index (χ0v) is 13.9. The molecule has 2 aromatic rings. The lowest BCUT2D eigenvalue weighted by Crippen LogP contribution is -2.43. The molecule has 1 amide bonds. The Morgan fingerprint density at radius 3 is 2.15 bits per heavy atom. The van der Waals surface area contributed by atoms with E-state index in [2.05, 4.69) is 5.32 Å². The third-order valence-electron chi connectivity index (χ3n) is 3.62. The van der Waals surface area contributed by atoms with E-state index in [0.717, 1.165) is 5.56 Å². The average molecular weight is 357 g/mol. The minimum Gasteiger partial charge on any atom is -0.480 e. The van der Waals surface area contributed by atoms with Crippen LogP contribution >= 0.6 is 0 Å². The van der Waals surface area contributed by atoms with E-state index in [0.29, 0.717) is 5.56 Å². The first-order chi connectivity index (χ1) is 12.5. The molecule has 0 saturated carbocycles. The van der Waals surface area contributed by atoms with Gasteiger partial charge in [0, 0.05) is 6.42 Å². The van der Waals surface area contributed by atoms with Crippen LogP contribution in [0.5, 0.6) is 0 Å². The number of carboxylic acids is 2. The molecule has 0 aliphatic carbocycles. The van der Waals surface area contributed by atoms with Crippen LogP contribution in [0.4, 0.5) is 0 Å². The van der Waals surface area contributed by atoms with Crippen molar-refractivity contribution < 1.29 is 29.3 Å². The van der Waals surface area contributed by atoms with Gasteiger partial charge in [-0.3, -0.25) is 4.79 Å². The van der Waals surface area contributed by atoms with E-state index in [1.165, 1.54) is 24.3 Å². The molecule has 136 valence electrons. The van der Waals surface area contributed by atoms with Crippen LogP contribution < -0.4 is 5.32 Å². The number of carbonyl (C=O) groups is 3. The molecule has 0 heterocycles. The second kappa shape index (κ2) is 9.33. The van der Waals surface area contributed by atoms with Crippen LogP contribution in [0.1, 0.15) is 21.5 Å². The van der Waals surface area contributed by atoms with Gasteiger partial charge in [0.2, 0.25) is 5.91 Å². The van der Waals surface area contributed by atoms with Gasteiger partial charge in [0.1, 0.15) is 12.6 Å². The molecule has 2 rings (SSSR count). The zero-order valence-electron chi connectivity index (χ0n) is 13.9. The van der Waals surface area contributed by atoms with Gasteiger partial charge in [-0.25, -0.2) is 9.59 Å². The van der Waals surface area contributed by atoms with Gasteiger partial charge in [-0.05, 0) is 23.3 Å². The number of rotatable bonds is 9. The van der Waals surface area contributed by atoms with Crippen LogP contribution in [-0.4, -0.2) is 40.7 Å². The molecule has 2 aromatic carbocycles. The number of benzene rings is 2. The van der Waals surface area contributed by atoms with Gasteiger partial charge < -0.3 is 20.3 Å². The molecule has 0 fully saturated rings. The summed E-state index contributed by atoms with van der Waals surface area (Å²) in [5.74, 6) is -2.77. The van der Waals surface area contributed by atoms with Crippen molar-refractivity contribution in [1.82, 2.24) is 5.32 Å². The Bertz CT molecular complexity index is 757. The molecular weight excluding hydrogens is 338 g/mol. The Balaban J connectivity index is 1.85. The topological polar surface area (TPSA) is 113 Å². The first-order valence-electron chi connectivity index (χ1n) is 7.92. The number of carbonyl (C=O) groups excluding carboxylic acids is 1. The molecule has 0 aromatic heterocycles. The first kappa shape index (κ1) is 19.1. The highest BCUT2D eigenvalue weighted by atomic mass is 16.5. The molecule has 7 nitrogen and oxygen atoms in total. The highest BCUT2D eigenvalue weighted by Crippen LogP contribution is 2.08. The maximum atomic E-state index is 11.9. The van der Waals surface area contributed by atoms with Crippen molar-refractivity contribution in [2.45, 2.75) is 19.1 Å². The van der Waals surface area contributed by atoms with Gasteiger partial charge in [-0.2, -0.15) is 0 Å². The minimum atomic E-state index is -1.18. The molecule has 0 bridgehead atoms. The van der Waals surface area contributed by atoms with E-state index >= 15 is 0 Å². The number of aromatic carboxylic acids is 1. The number of aliphatic carboxylic acids is 1. The van der Waals surface area contributed by atoms with Crippen molar-refractivity contribution in [2.75, 3.05) is 6.61 Å². The Morgan fingerprint density at radius 1 is 0.923 bits per heavy atom. The smallest absolute Gasteiger partial charge is 0.335 e. The molecule has 3 N–H and O–H groups in total. The summed E-state index contributed by atoms with van der Waals surface area (Å²) in [6.45, 7) is -0.000719. The maximum absolute atomic E-state index is 11.9. The van der Waals surface area contributed by atoms with Crippen molar-refractivity contribution in [2.24, 2.45) is 0 Å². The van der Waals surface area contributed by atoms with Gasteiger partial charge in [0.05, 0.1) is 12.2 Å². The highest BCUT2D eigenvalue weighted by molar-refractivity contribution is 5.87. The maximum Gasteiger partial charge on any atom is 0.335 e. The number of carboxylic acid groups (broad SMARTS) is 2. The third kappa shape index (κ3) is 6.03. The average Bonchev–Trinajstić information content (AvgIpc) is 2.62. The van der Waals surface area contributed by atoms with Gasteiger partial charge >= 0.3 is 11.9 Å². The largest absolute Gasteiger partial charge is 0.480 e. The molecule has 0 spiro atoms. The van der Waals surface area contributed by atoms with Crippen LogP contribution in [0.15, 0.2) is 54.6 Å². The summed E-state index contributed by atoms with van der Waals surface area (Å²) < 4.78 is 5.28. The van der Waals surface area contributed by atoms with Crippen LogP contribution in [0, 0.1) is 0 Å². The SMILES string of the molecule is O=C(COCc1ccccc1)N[C@H](Cc1ccc(C(=O)O)cc1)C(=O)O. The lowest BCUT2D eigenvalue weighted by molar-refractivity contribution is -0.142. The third-order valence-corrected chi connectivity index (χ3v) is 3.62. The van der Waals surface area contributed by atoms with Crippen molar-refractivity contribution in [1.29, 1.82) is 0 Å². The van der Waals surface area contributed by atoms with E-state index in [1.807, 2.05) is 30.3 Å². The van der Waals surface area contributed by atoms with Gasteiger partial charge in [-0.15, -0.1) is 0 Å². The molecule has 1 atom stereocenters. The Hall–Kier alpha value is -3.19. The lowest BCUT2D eigenvalue weighted by Gasteiger charge is -2.15. The van der Waals surface area contributed by atoms with Crippen molar-refractivity contribution in [3.8, 4) is 0 Å². The second-order valence-corrected chi connectivity index (χ2v) is 5.64. The van der Waals surface area contributed by atoms with Crippen molar-refractivity contribution in [3.63, 3.8) is 0 Å². The molecular formula is C19H19NO6. The number of nitrogens with one attached hydrogen (secondary N) is 1. The number of ether oxygens (including phenoxy) is 1. The van der Waals surface area contributed by atoms with Gasteiger partial charge in [0.15, 0.2) is 0 Å². The summed E-state index contributed by atoms with van der Waals surface area (Å²) in [6, 6.07) is 14.0. The van der Waals surface area contributed by atoms with E-state index < -0.39 is 23.9 Å². The van der Waals surface area contributed by atoms with Crippen molar-refractivity contribution in [3.05, 3.63) is 71.3 Å².